The van der Waals surface area contributed by atoms with Crippen LogP contribution in [0.5, 0.6) is 11.5 Å². The van der Waals surface area contributed by atoms with Gasteiger partial charge in [0.25, 0.3) is 11.1 Å². The van der Waals surface area contributed by atoms with Crippen molar-refractivity contribution in [2.75, 3.05) is 11.5 Å². The van der Waals surface area contributed by atoms with Crippen molar-refractivity contribution in [3.05, 3.63) is 56.9 Å². The van der Waals surface area contributed by atoms with Crippen molar-refractivity contribution in [3.8, 4) is 11.5 Å². The summed E-state index contributed by atoms with van der Waals surface area (Å²) in [6.07, 6.45) is 1.57. The van der Waals surface area contributed by atoms with E-state index in [2.05, 4.69) is 0 Å². The number of carbonyl (C=O) groups is 2. The van der Waals surface area contributed by atoms with E-state index in [1.54, 1.807) is 31.2 Å². The highest BCUT2D eigenvalue weighted by Gasteiger charge is 2.36. The van der Waals surface area contributed by atoms with Crippen LogP contribution in [0.1, 0.15) is 12.5 Å². The van der Waals surface area contributed by atoms with E-state index >= 15 is 0 Å². The molecule has 1 heterocycles. The van der Waals surface area contributed by atoms with Crippen LogP contribution < -0.4 is 9.64 Å². The summed E-state index contributed by atoms with van der Waals surface area (Å²) in [4.78, 5) is 26.2. The molecule has 0 aliphatic carbocycles. The molecule has 2 aromatic rings. The molecule has 0 spiro atoms. The predicted octanol–water partition coefficient (Wildman–Crippen LogP) is 5.34. The molecule has 0 atom stereocenters. The van der Waals surface area contributed by atoms with Crippen LogP contribution in [-0.2, 0) is 4.79 Å². The van der Waals surface area contributed by atoms with E-state index in [-0.39, 0.29) is 15.7 Å². The number of hydrogen-bond acceptors (Lipinski definition) is 5. The van der Waals surface area contributed by atoms with Gasteiger partial charge in [0.1, 0.15) is 0 Å². The van der Waals surface area contributed by atoms with Crippen molar-refractivity contribution in [3.63, 3.8) is 0 Å². The Bertz CT molecular complexity index is 929. The molecule has 26 heavy (non-hydrogen) atoms. The van der Waals surface area contributed by atoms with Gasteiger partial charge < -0.3 is 9.84 Å². The summed E-state index contributed by atoms with van der Waals surface area (Å²) in [5, 5.41) is 9.92. The number of halogens is 2. The van der Waals surface area contributed by atoms with Crippen molar-refractivity contribution in [2.24, 2.45) is 0 Å². The molecule has 2 aromatic carbocycles. The molecule has 0 bridgehead atoms. The van der Waals surface area contributed by atoms with Crippen molar-refractivity contribution >= 4 is 57.9 Å². The number of rotatable bonds is 4. The number of thioether (sulfide) groups is 1. The van der Waals surface area contributed by atoms with Gasteiger partial charge in [-0.05, 0) is 60.7 Å². The fourth-order valence-electron chi connectivity index (χ4n) is 2.36. The second kappa shape index (κ2) is 7.61. The first-order valence-electron chi connectivity index (χ1n) is 7.59. The van der Waals surface area contributed by atoms with Gasteiger partial charge in [-0.2, -0.15) is 0 Å². The number of aromatic hydroxyl groups is 1. The summed E-state index contributed by atoms with van der Waals surface area (Å²) in [6, 6.07) is 9.26. The van der Waals surface area contributed by atoms with E-state index < -0.39 is 11.1 Å². The van der Waals surface area contributed by atoms with E-state index in [0.717, 1.165) is 16.7 Å². The monoisotopic (exact) mass is 409 g/mol. The van der Waals surface area contributed by atoms with Gasteiger partial charge in [-0.15, -0.1) is 0 Å². The number of benzene rings is 2. The van der Waals surface area contributed by atoms with Gasteiger partial charge >= 0.3 is 0 Å². The third-order valence-corrected chi connectivity index (χ3v) is 5.15. The van der Waals surface area contributed by atoms with Crippen LogP contribution >= 0.6 is 35.0 Å². The molecule has 0 radical (unpaired) electrons. The number of nitrogens with zero attached hydrogens (tertiary/aromatic N) is 1. The lowest BCUT2D eigenvalue weighted by molar-refractivity contribution is -0.113. The Balaban J connectivity index is 1.92. The van der Waals surface area contributed by atoms with Crippen LogP contribution in [0.15, 0.2) is 41.3 Å². The number of phenolic OH excluding ortho intramolecular Hbond substituents is 1. The lowest BCUT2D eigenvalue weighted by Gasteiger charge is -2.13. The van der Waals surface area contributed by atoms with Gasteiger partial charge in [0.05, 0.1) is 27.2 Å². The molecule has 1 N–H and O–H groups in total. The first-order chi connectivity index (χ1) is 12.4. The smallest absolute Gasteiger partial charge is 0.298 e. The van der Waals surface area contributed by atoms with E-state index in [4.69, 9.17) is 27.9 Å². The van der Waals surface area contributed by atoms with E-state index in [9.17, 15) is 14.7 Å². The lowest BCUT2D eigenvalue weighted by Crippen LogP contribution is -2.27. The lowest BCUT2D eigenvalue weighted by atomic mass is 10.2. The molecule has 0 aromatic heterocycles. The summed E-state index contributed by atoms with van der Waals surface area (Å²) in [5.74, 6) is -0.137. The molecule has 1 saturated heterocycles. The molecule has 1 fully saturated rings. The number of anilines is 1. The van der Waals surface area contributed by atoms with E-state index in [1.807, 2.05) is 0 Å². The zero-order valence-electron chi connectivity index (χ0n) is 13.5. The minimum atomic E-state index is -0.454. The summed E-state index contributed by atoms with van der Waals surface area (Å²) in [5.41, 5.74) is 0.983. The predicted molar refractivity (Wildman–Crippen MR) is 104 cm³/mol. The maximum atomic E-state index is 12.7. The second-order valence-electron chi connectivity index (χ2n) is 5.28. The quantitative estimate of drug-likeness (QED) is 0.690. The number of ether oxygens (including phenoxy) is 1. The number of phenols is 1. The minimum absolute atomic E-state index is 0.00732. The normalized spacial score (nSPS) is 15.8. The number of imide groups is 1. The SMILES string of the molecule is CCOc1cc(/C=C2\SC(=O)N(c3ccc(Cl)c(Cl)c3)C2=O)ccc1O. The fourth-order valence-corrected chi connectivity index (χ4v) is 3.49. The number of carbonyl (C=O) groups excluding carboxylic acids is 2. The van der Waals surface area contributed by atoms with Gasteiger partial charge in [-0.3, -0.25) is 9.59 Å². The highest BCUT2D eigenvalue weighted by Crippen LogP contribution is 2.38. The topological polar surface area (TPSA) is 66.8 Å². The van der Waals surface area contributed by atoms with Gasteiger partial charge in [0, 0.05) is 0 Å². The first kappa shape index (κ1) is 18.6. The second-order valence-corrected chi connectivity index (χ2v) is 7.08. The van der Waals surface area contributed by atoms with Crippen LogP contribution in [0.4, 0.5) is 10.5 Å². The third-order valence-electron chi connectivity index (χ3n) is 3.54. The molecule has 1 aliphatic heterocycles. The minimum Gasteiger partial charge on any atom is -0.504 e. The maximum absolute atomic E-state index is 12.7. The summed E-state index contributed by atoms with van der Waals surface area (Å²) in [6.45, 7) is 2.19. The molecular formula is C18H13Cl2NO4S. The summed E-state index contributed by atoms with van der Waals surface area (Å²) >= 11 is 12.7. The Hall–Kier alpha value is -2.15. The Labute approximate surface area is 164 Å². The zero-order valence-corrected chi connectivity index (χ0v) is 15.9. The molecule has 134 valence electrons. The highest BCUT2D eigenvalue weighted by atomic mass is 35.5. The van der Waals surface area contributed by atoms with Gasteiger partial charge in [0.2, 0.25) is 0 Å². The number of amides is 2. The standard InChI is InChI=1S/C18H13Cl2NO4S/c1-2-25-15-7-10(3-6-14(15)22)8-16-17(23)21(18(24)26-16)11-4-5-12(19)13(20)9-11/h3-9,22H,2H2,1H3/b16-8-. The highest BCUT2D eigenvalue weighted by molar-refractivity contribution is 8.19. The molecule has 0 unspecified atom stereocenters. The first-order valence-corrected chi connectivity index (χ1v) is 9.16. The molecule has 1 aliphatic rings. The van der Waals surface area contributed by atoms with Crippen molar-refractivity contribution in [1.29, 1.82) is 0 Å². The van der Waals surface area contributed by atoms with Crippen LogP contribution in [0.3, 0.4) is 0 Å². The average Bonchev–Trinajstić information content (AvgIpc) is 2.87. The molecule has 2 amide bonds. The number of hydrogen-bond donors (Lipinski definition) is 1. The fraction of sp³-hybridized carbons (Fsp3) is 0.111. The molecule has 5 nitrogen and oxygen atoms in total. The Morgan fingerprint density at radius 3 is 2.62 bits per heavy atom. The van der Waals surface area contributed by atoms with E-state index in [0.29, 0.717) is 28.6 Å². The third kappa shape index (κ3) is 3.67. The Morgan fingerprint density at radius 1 is 1.15 bits per heavy atom. The van der Waals surface area contributed by atoms with Crippen molar-refractivity contribution in [2.45, 2.75) is 6.92 Å². The molecular weight excluding hydrogens is 397 g/mol. The molecule has 8 heteroatoms. The summed E-state index contributed by atoms with van der Waals surface area (Å²) in [7, 11) is 0. The molecule has 3 rings (SSSR count). The van der Waals surface area contributed by atoms with Crippen LogP contribution in [0, 0.1) is 0 Å². The Kier molecular flexibility index (Phi) is 5.46. The van der Waals surface area contributed by atoms with Gasteiger partial charge in [0.15, 0.2) is 11.5 Å². The van der Waals surface area contributed by atoms with Crippen LogP contribution in [-0.4, -0.2) is 22.9 Å². The largest absolute Gasteiger partial charge is 0.504 e. The average molecular weight is 410 g/mol. The van der Waals surface area contributed by atoms with Crippen LogP contribution in [0.25, 0.3) is 6.08 Å². The van der Waals surface area contributed by atoms with E-state index in [1.165, 1.54) is 18.2 Å². The van der Waals surface area contributed by atoms with Crippen molar-refractivity contribution < 1.29 is 19.4 Å². The van der Waals surface area contributed by atoms with Gasteiger partial charge in [-0.1, -0.05) is 29.3 Å². The zero-order chi connectivity index (χ0) is 18.8. The maximum Gasteiger partial charge on any atom is 0.298 e. The van der Waals surface area contributed by atoms with Crippen LogP contribution in [0.2, 0.25) is 10.0 Å². The van der Waals surface area contributed by atoms with Gasteiger partial charge in [-0.25, -0.2) is 4.90 Å². The molecule has 0 saturated carbocycles. The summed E-state index contributed by atoms with van der Waals surface area (Å²) < 4.78 is 5.33. The van der Waals surface area contributed by atoms with Crippen molar-refractivity contribution in [1.82, 2.24) is 0 Å². The Morgan fingerprint density at radius 2 is 1.92 bits per heavy atom.